The summed E-state index contributed by atoms with van der Waals surface area (Å²) in [5.74, 6) is 0.000951. The molecule has 0 unspecified atom stereocenters. The van der Waals surface area contributed by atoms with Crippen LogP contribution in [0.3, 0.4) is 0 Å². The summed E-state index contributed by atoms with van der Waals surface area (Å²) in [7, 11) is 0. The smallest absolute Gasteiger partial charge is 0.251 e. The van der Waals surface area contributed by atoms with Crippen molar-refractivity contribution in [2.24, 2.45) is 5.73 Å². The monoisotopic (exact) mass is 291 g/mol. The molecular formula is C16H25N3O2. The fourth-order valence-electron chi connectivity index (χ4n) is 2.54. The van der Waals surface area contributed by atoms with Crippen LogP contribution in [0.15, 0.2) is 24.3 Å². The van der Waals surface area contributed by atoms with Crippen LogP contribution in [-0.2, 0) is 11.2 Å². The van der Waals surface area contributed by atoms with Crippen molar-refractivity contribution in [3.05, 3.63) is 35.4 Å². The SMILES string of the molecule is NCCc1ccccc1C(=O)NCCCN1CCOCC1. The van der Waals surface area contributed by atoms with Crippen molar-refractivity contribution in [2.75, 3.05) is 45.9 Å². The van der Waals surface area contributed by atoms with E-state index in [0.29, 0.717) is 13.1 Å². The highest BCUT2D eigenvalue weighted by Gasteiger charge is 2.11. The van der Waals surface area contributed by atoms with Crippen molar-refractivity contribution in [3.8, 4) is 0 Å². The van der Waals surface area contributed by atoms with E-state index in [1.807, 2.05) is 24.3 Å². The number of nitrogens with one attached hydrogen (secondary N) is 1. The minimum Gasteiger partial charge on any atom is -0.379 e. The predicted molar refractivity (Wildman–Crippen MR) is 83.4 cm³/mol. The second-order valence-electron chi connectivity index (χ2n) is 5.26. The minimum atomic E-state index is 0.000951. The van der Waals surface area contributed by atoms with Gasteiger partial charge in [-0.1, -0.05) is 18.2 Å². The van der Waals surface area contributed by atoms with Gasteiger partial charge in [0.1, 0.15) is 0 Å². The van der Waals surface area contributed by atoms with E-state index in [1.165, 1.54) is 0 Å². The third-order valence-corrected chi connectivity index (χ3v) is 3.72. The molecule has 0 radical (unpaired) electrons. The Labute approximate surface area is 126 Å². The number of amides is 1. The van der Waals surface area contributed by atoms with Gasteiger partial charge in [-0.25, -0.2) is 0 Å². The summed E-state index contributed by atoms with van der Waals surface area (Å²) in [4.78, 5) is 14.6. The standard InChI is InChI=1S/C16H25N3O2/c17-7-6-14-4-1-2-5-15(14)16(20)18-8-3-9-19-10-12-21-13-11-19/h1-2,4-5H,3,6-13,17H2,(H,18,20). The zero-order valence-corrected chi connectivity index (χ0v) is 12.5. The van der Waals surface area contributed by atoms with E-state index in [-0.39, 0.29) is 5.91 Å². The third kappa shape index (κ3) is 5.12. The van der Waals surface area contributed by atoms with Crippen LogP contribution >= 0.6 is 0 Å². The topological polar surface area (TPSA) is 67.6 Å². The number of nitrogens with zero attached hydrogens (tertiary/aromatic N) is 1. The summed E-state index contributed by atoms with van der Waals surface area (Å²) in [5, 5.41) is 3.00. The zero-order valence-electron chi connectivity index (χ0n) is 12.5. The van der Waals surface area contributed by atoms with Gasteiger partial charge in [-0.3, -0.25) is 9.69 Å². The highest BCUT2D eigenvalue weighted by Crippen LogP contribution is 2.09. The molecule has 0 atom stereocenters. The molecule has 5 nitrogen and oxygen atoms in total. The van der Waals surface area contributed by atoms with Gasteiger partial charge >= 0.3 is 0 Å². The molecule has 116 valence electrons. The van der Waals surface area contributed by atoms with Gasteiger partial charge in [0.15, 0.2) is 0 Å². The number of carbonyl (C=O) groups excluding carboxylic acids is 1. The number of rotatable bonds is 7. The van der Waals surface area contributed by atoms with Crippen LogP contribution in [0.5, 0.6) is 0 Å². The molecule has 1 aromatic rings. The summed E-state index contributed by atoms with van der Waals surface area (Å²) in [5.41, 5.74) is 7.35. The fraction of sp³-hybridized carbons (Fsp3) is 0.562. The molecule has 0 aliphatic carbocycles. The lowest BCUT2D eigenvalue weighted by molar-refractivity contribution is 0.0374. The largest absolute Gasteiger partial charge is 0.379 e. The van der Waals surface area contributed by atoms with Gasteiger partial charge in [0.25, 0.3) is 5.91 Å². The first-order chi connectivity index (χ1) is 10.3. The summed E-state index contributed by atoms with van der Waals surface area (Å²) in [6.45, 7) is 5.89. The van der Waals surface area contributed by atoms with Gasteiger partial charge in [0.05, 0.1) is 13.2 Å². The highest BCUT2D eigenvalue weighted by molar-refractivity contribution is 5.95. The van der Waals surface area contributed by atoms with Gasteiger partial charge in [-0.15, -0.1) is 0 Å². The number of morpholine rings is 1. The molecule has 21 heavy (non-hydrogen) atoms. The molecule has 1 saturated heterocycles. The Morgan fingerprint density at radius 2 is 2.05 bits per heavy atom. The van der Waals surface area contributed by atoms with Crippen LogP contribution in [0.1, 0.15) is 22.3 Å². The summed E-state index contributed by atoms with van der Waals surface area (Å²) in [6, 6.07) is 7.67. The molecule has 1 aromatic carbocycles. The lowest BCUT2D eigenvalue weighted by atomic mass is 10.0. The Morgan fingerprint density at radius 3 is 2.81 bits per heavy atom. The van der Waals surface area contributed by atoms with Gasteiger partial charge < -0.3 is 15.8 Å². The van der Waals surface area contributed by atoms with E-state index in [9.17, 15) is 4.79 Å². The van der Waals surface area contributed by atoms with Crippen molar-refractivity contribution in [1.29, 1.82) is 0 Å². The molecular weight excluding hydrogens is 266 g/mol. The van der Waals surface area contributed by atoms with Crippen molar-refractivity contribution in [2.45, 2.75) is 12.8 Å². The van der Waals surface area contributed by atoms with Crippen LogP contribution in [0.2, 0.25) is 0 Å². The Bertz CT molecular complexity index is 445. The van der Waals surface area contributed by atoms with E-state index in [0.717, 1.165) is 56.8 Å². The highest BCUT2D eigenvalue weighted by atomic mass is 16.5. The van der Waals surface area contributed by atoms with Crippen LogP contribution in [0.25, 0.3) is 0 Å². The number of nitrogens with two attached hydrogens (primary N) is 1. The molecule has 1 fully saturated rings. The van der Waals surface area contributed by atoms with Crippen LogP contribution in [-0.4, -0.2) is 56.7 Å². The molecule has 3 N–H and O–H groups in total. The van der Waals surface area contributed by atoms with E-state index >= 15 is 0 Å². The maximum Gasteiger partial charge on any atom is 0.251 e. The van der Waals surface area contributed by atoms with Gasteiger partial charge in [0, 0.05) is 25.2 Å². The molecule has 1 aliphatic rings. The molecule has 1 aliphatic heterocycles. The lowest BCUT2D eigenvalue weighted by Crippen LogP contribution is -2.38. The number of hydrogen-bond donors (Lipinski definition) is 2. The second kappa shape index (κ2) is 8.77. The normalized spacial score (nSPS) is 15.9. The molecule has 5 heteroatoms. The number of hydrogen-bond acceptors (Lipinski definition) is 4. The lowest BCUT2D eigenvalue weighted by Gasteiger charge is -2.26. The number of ether oxygens (including phenoxy) is 1. The van der Waals surface area contributed by atoms with Crippen LogP contribution in [0, 0.1) is 0 Å². The average molecular weight is 291 g/mol. The number of carbonyl (C=O) groups is 1. The molecule has 2 rings (SSSR count). The summed E-state index contributed by atoms with van der Waals surface area (Å²) in [6.07, 6.45) is 1.70. The molecule has 0 bridgehead atoms. The van der Waals surface area contributed by atoms with Crippen molar-refractivity contribution < 1.29 is 9.53 Å². The first kappa shape index (κ1) is 15.9. The molecule has 0 aromatic heterocycles. The Morgan fingerprint density at radius 1 is 1.29 bits per heavy atom. The number of benzene rings is 1. The maximum absolute atomic E-state index is 12.2. The molecule has 1 amide bonds. The van der Waals surface area contributed by atoms with Crippen molar-refractivity contribution in [1.82, 2.24) is 10.2 Å². The van der Waals surface area contributed by atoms with Crippen molar-refractivity contribution >= 4 is 5.91 Å². The van der Waals surface area contributed by atoms with E-state index in [1.54, 1.807) is 0 Å². The van der Waals surface area contributed by atoms with Crippen molar-refractivity contribution in [3.63, 3.8) is 0 Å². The first-order valence-corrected chi connectivity index (χ1v) is 7.67. The van der Waals surface area contributed by atoms with E-state index < -0.39 is 0 Å². The Kier molecular flexibility index (Phi) is 6.66. The summed E-state index contributed by atoms with van der Waals surface area (Å²) < 4.78 is 5.32. The molecule has 0 saturated carbocycles. The Balaban J connectivity index is 1.74. The van der Waals surface area contributed by atoms with E-state index in [4.69, 9.17) is 10.5 Å². The molecule has 0 spiro atoms. The summed E-state index contributed by atoms with van der Waals surface area (Å²) >= 11 is 0. The fourth-order valence-corrected chi connectivity index (χ4v) is 2.54. The molecule has 1 heterocycles. The zero-order chi connectivity index (χ0) is 14.9. The third-order valence-electron chi connectivity index (χ3n) is 3.72. The van der Waals surface area contributed by atoms with Gasteiger partial charge in [0.2, 0.25) is 0 Å². The van der Waals surface area contributed by atoms with E-state index in [2.05, 4.69) is 10.2 Å². The van der Waals surface area contributed by atoms with Gasteiger partial charge in [-0.2, -0.15) is 0 Å². The van der Waals surface area contributed by atoms with Gasteiger partial charge in [-0.05, 0) is 37.6 Å². The minimum absolute atomic E-state index is 0.000951. The predicted octanol–water partition coefficient (Wildman–Crippen LogP) is 0.640. The first-order valence-electron chi connectivity index (χ1n) is 7.67. The quantitative estimate of drug-likeness (QED) is 0.724. The Hall–Kier alpha value is -1.43. The van der Waals surface area contributed by atoms with Crippen LogP contribution in [0.4, 0.5) is 0 Å². The average Bonchev–Trinajstić information content (AvgIpc) is 2.53. The van der Waals surface area contributed by atoms with Crippen LogP contribution < -0.4 is 11.1 Å². The maximum atomic E-state index is 12.2. The second-order valence-corrected chi connectivity index (χ2v) is 5.26.